The Hall–Kier alpha value is -1.64. The van der Waals surface area contributed by atoms with Crippen molar-refractivity contribution in [1.29, 1.82) is 0 Å². The van der Waals surface area contributed by atoms with Crippen LogP contribution < -0.4 is 0 Å². The summed E-state index contributed by atoms with van der Waals surface area (Å²) in [5.41, 5.74) is 2.13. The van der Waals surface area contributed by atoms with Gasteiger partial charge < -0.3 is 4.90 Å². The van der Waals surface area contributed by atoms with Crippen molar-refractivity contribution in [1.82, 2.24) is 4.90 Å². The third-order valence-corrected chi connectivity index (χ3v) is 2.57. The molecule has 1 amide bonds. The SMILES string of the molecule is CC(=O)N1CCN=C(c2ccccc2)C1. The summed E-state index contributed by atoms with van der Waals surface area (Å²) in [5.74, 6) is 0.123. The summed E-state index contributed by atoms with van der Waals surface area (Å²) in [7, 11) is 0. The van der Waals surface area contributed by atoms with Gasteiger partial charge >= 0.3 is 0 Å². The number of rotatable bonds is 1. The van der Waals surface area contributed by atoms with E-state index in [1.54, 1.807) is 6.92 Å². The summed E-state index contributed by atoms with van der Waals surface area (Å²) in [6.07, 6.45) is 0. The number of amides is 1. The van der Waals surface area contributed by atoms with Crippen molar-refractivity contribution in [3.63, 3.8) is 0 Å². The fourth-order valence-electron chi connectivity index (χ4n) is 1.70. The first kappa shape index (κ1) is 9.90. The van der Waals surface area contributed by atoms with E-state index in [1.165, 1.54) is 0 Å². The van der Waals surface area contributed by atoms with Crippen molar-refractivity contribution in [3.8, 4) is 0 Å². The highest BCUT2D eigenvalue weighted by molar-refractivity contribution is 6.03. The molecule has 3 nitrogen and oxygen atoms in total. The Morgan fingerprint density at radius 2 is 2.07 bits per heavy atom. The summed E-state index contributed by atoms with van der Waals surface area (Å²) in [6, 6.07) is 10.0. The van der Waals surface area contributed by atoms with E-state index in [0.29, 0.717) is 13.1 Å². The second kappa shape index (κ2) is 4.26. The van der Waals surface area contributed by atoms with Gasteiger partial charge in [-0.2, -0.15) is 0 Å². The van der Waals surface area contributed by atoms with E-state index >= 15 is 0 Å². The van der Waals surface area contributed by atoms with Crippen LogP contribution in [-0.2, 0) is 4.79 Å². The second-order valence-corrected chi connectivity index (χ2v) is 3.64. The number of carbonyl (C=O) groups is 1. The summed E-state index contributed by atoms with van der Waals surface area (Å²) in [4.78, 5) is 17.5. The molecule has 78 valence electrons. The van der Waals surface area contributed by atoms with Crippen molar-refractivity contribution in [3.05, 3.63) is 35.9 Å². The maximum absolute atomic E-state index is 11.2. The molecule has 0 spiro atoms. The third kappa shape index (κ3) is 2.24. The average Bonchev–Trinajstić information content (AvgIpc) is 2.30. The van der Waals surface area contributed by atoms with Gasteiger partial charge in [-0.05, 0) is 5.56 Å². The Morgan fingerprint density at radius 1 is 1.33 bits per heavy atom. The normalized spacial score (nSPS) is 16.1. The van der Waals surface area contributed by atoms with Crippen LogP contribution in [0.1, 0.15) is 12.5 Å². The second-order valence-electron chi connectivity index (χ2n) is 3.64. The highest BCUT2D eigenvalue weighted by Gasteiger charge is 2.16. The zero-order valence-electron chi connectivity index (χ0n) is 8.81. The number of carbonyl (C=O) groups excluding carboxylic acids is 1. The van der Waals surface area contributed by atoms with Crippen molar-refractivity contribution in [2.24, 2.45) is 4.99 Å². The van der Waals surface area contributed by atoms with Crippen LogP contribution >= 0.6 is 0 Å². The Labute approximate surface area is 89.4 Å². The van der Waals surface area contributed by atoms with Crippen LogP contribution in [0.15, 0.2) is 35.3 Å². The molecule has 0 fully saturated rings. The first-order chi connectivity index (χ1) is 7.27. The van der Waals surface area contributed by atoms with Gasteiger partial charge in [0.2, 0.25) is 5.91 Å². The van der Waals surface area contributed by atoms with E-state index in [-0.39, 0.29) is 5.91 Å². The van der Waals surface area contributed by atoms with Crippen LogP contribution in [0.4, 0.5) is 0 Å². The molecule has 0 N–H and O–H groups in total. The fraction of sp³-hybridized carbons (Fsp3) is 0.333. The Morgan fingerprint density at radius 3 is 2.73 bits per heavy atom. The van der Waals surface area contributed by atoms with Crippen LogP contribution in [0.25, 0.3) is 0 Å². The van der Waals surface area contributed by atoms with Crippen molar-refractivity contribution < 1.29 is 4.79 Å². The van der Waals surface area contributed by atoms with Gasteiger partial charge in [0.05, 0.1) is 18.8 Å². The monoisotopic (exact) mass is 202 g/mol. The lowest BCUT2D eigenvalue weighted by molar-refractivity contribution is -0.128. The van der Waals surface area contributed by atoms with E-state index < -0.39 is 0 Å². The number of nitrogens with zero attached hydrogens (tertiary/aromatic N) is 2. The Bertz CT molecular complexity index is 384. The summed E-state index contributed by atoms with van der Waals surface area (Å²) in [6.45, 7) is 3.70. The van der Waals surface area contributed by atoms with Gasteiger partial charge in [0.1, 0.15) is 0 Å². The predicted molar refractivity (Wildman–Crippen MR) is 60.1 cm³/mol. The molecule has 0 radical (unpaired) electrons. The summed E-state index contributed by atoms with van der Waals surface area (Å²) in [5, 5.41) is 0. The maximum Gasteiger partial charge on any atom is 0.219 e. The molecule has 1 aromatic rings. The number of hydrogen-bond donors (Lipinski definition) is 0. The number of hydrogen-bond acceptors (Lipinski definition) is 2. The summed E-state index contributed by atoms with van der Waals surface area (Å²) < 4.78 is 0. The van der Waals surface area contributed by atoms with Crippen LogP contribution in [0.5, 0.6) is 0 Å². The van der Waals surface area contributed by atoms with Gasteiger partial charge in [0, 0.05) is 13.5 Å². The fourth-order valence-corrected chi connectivity index (χ4v) is 1.70. The van der Waals surface area contributed by atoms with E-state index in [9.17, 15) is 4.79 Å². The number of benzene rings is 1. The Kier molecular flexibility index (Phi) is 2.81. The van der Waals surface area contributed by atoms with Gasteiger partial charge in [-0.25, -0.2) is 0 Å². The first-order valence-electron chi connectivity index (χ1n) is 5.11. The lowest BCUT2D eigenvalue weighted by atomic mass is 10.1. The molecular weight excluding hydrogens is 188 g/mol. The molecule has 1 aliphatic rings. The maximum atomic E-state index is 11.2. The molecule has 1 heterocycles. The van der Waals surface area contributed by atoms with Crippen molar-refractivity contribution in [2.45, 2.75) is 6.92 Å². The minimum absolute atomic E-state index is 0.123. The summed E-state index contributed by atoms with van der Waals surface area (Å²) >= 11 is 0. The smallest absolute Gasteiger partial charge is 0.219 e. The standard InChI is InChI=1S/C12H14N2O/c1-10(15)14-8-7-13-12(9-14)11-5-3-2-4-6-11/h2-6H,7-9H2,1H3. The van der Waals surface area contributed by atoms with Crippen LogP contribution in [0, 0.1) is 0 Å². The molecule has 1 aliphatic heterocycles. The Balaban J connectivity index is 2.18. The van der Waals surface area contributed by atoms with Crippen LogP contribution in [0.2, 0.25) is 0 Å². The largest absolute Gasteiger partial charge is 0.335 e. The molecule has 0 saturated carbocycles. The molecule has 0 atom stereocenters. The molecular formula is C12H14N2O. The lowest BCUT2D eigenvalue weighted by Gasteiger charge is -2.25. The van der Waals surface area contributed by atoms with Crippen molar-refractivity contribution in [2.75, 3.05) is 19.6 Å². The minimum atomic E-state index is 0.123. The predicted octanol–water partition coefficient (Wildman–Crippen LogP) is 1.34. The highest BCUT2D eigenvalue weighted by atomic mass is 16.2. The minimum Gasteiger partial charge on any atom is -0.335 e. The molecule has 3 heteroatoms. The molecule has 0 unspecified atom stereocenters. The van der Waals surface area contributed by atoms with Gasteiger partial charge in [0.15, 0.2) is 0 Å². The molecule has 0 saturated heterocycles. The molecule has 0 aliphatic carbocycles. The molecule has 1 aromatic carbocycles. The quantitative estimate of drug-likeness (QED) is 0.676. The number of aliphatic imine (C=N–C) groups is 1. The van der Waals surface area contributed by atoms with Gasteiger partial charge in [-0.15, -0.1) is 0 Å². The highest BCUT2D eigenvalue weighted by Crippen LogP contribution is 2.07. The van der Waals surface area contributed by atoms with Crippen molar-refractivity contribution >= 4 is 11.6 Å². The van der Waals surface area contributed by atoms with Gasteiger partial charge in [-0.3, -0.25) is 9.79 Å². The molecule has 2 rings (SSSR count). The van der Waals surface area contributed by atoms with E-state index in [2.05, 4.69) is 4.99 Å². The lowest BCUT2D eigenvalue weighted by Crippen LogP contribution is -2.39. The third-order valence-electron chi connectivity index (χ3n) is 2.57. The topological polar surface area (TPSA) is 32.7 Å². The molecule has 15 heavy (non-hydrogen) atoms. The zero-order valence-corrected chi connectivity index (χ0v) is 8.81. The van der Waals surface area contributed by atoms with Crippen LogP contribution in [-0.4, -0.2) is 36.2 Å². The molecule has 0 aromatic heterocycles. The zero-order chi connectivity index (χ0) is 10.7. The molecule has 0 bridgehead atoms. The van der Waals surface area contributed by atoms with Gasteiger partial charge in [0.25, 0.3) is 0 Å². The van der Waals surface area contributed by atoms with E-state index in [1.807, 2.05) is 35.2 Å². The first-order valence-corrected chi connectivity index (χ1v) is 5.11. The average molecular weight is 202 g/mol. The van der Waals surface area contributed by atoms with Crippen LogP contribution in [0.3, 0.4) is 0 Å². The van der Waals surface area contributed by atoms with E-state index in [4.69, 9.17) is 0 Å². The van der Waals surface area contributed by atoms with E-state index in [0.717, 1.165) is 17.8 Å². The van der Waals surface area contributed by atoms with Gasteiger partial charge in [-0.1, -0.05) is 30.3 Å².